The topological polar surface area (TPSA) is 133 Å². The van der Waals surface area contributed by atoms with Gasteiger partial charge in [-0.3, -0.25) is 4.79 Å². The first kappa shape index (κ1) is 30.5. The Morgan fingerprint density at radius 2 is 1.51 bits per heavy atom. The predicted molar refractivity (Wildman–Crippen MR) is 146 cm³/mol. The summed E-state index contributed by atoms with van der Waals surface area (Å²) >= 11 is 1.96. The lowest BCUT2D eigenvalue weighted by Gasteiger charge is -2.29. The zero-order chi connectivity index (χ0) is 29.2. The van der Waals surface area contributed by atoms with Crippen LogP contribution in [-0.2, 0) is 30.8 Å². The van der Waals surface area contributed by atoms with Crippen molar-refractivity contribution in [3.05, 3.63) is 87.0 Å². The van der Waals surface area contributed by atoms with Gasteiger partial charge in [0.25, 0.3) is 0 Å². The standard InChI is InChI=1S/C25H21F3IN3O5S2/c1-16-3-9-21(10-4-16)39(36,37)32-24(2,15-38(34,35)20-11-6-18(29)7-12-20)23(33)31-19-8-5-17(14-30)22(13-19)25(26,27)28/h3-13,32H,15H2,1-2H3,(H,31,33)/t24-/m1/s1. The van der Waals surface area contributed by atoms with Crippen LogP contribution in [0.1, 0.15) is 23.6 Å². The molecule has 1 amide bonds. The normalized spacial score (nSPS) is 13.8. The molecule has 3 aromatic carbocycles. The van der Waals surface area contributed by atoms with Crippen molar-refractivity contribution in [1.82, 2.24) is 4.72 Å². The van der Waals surface area contributed by atoms with E-state index in [0.29, 0.717) is 6.07 Å². The van der Waals surface area contributed by atoms with Crippen molar-refractivity contribution in [2.75, 3.05) is 11.1 Å². The molecule has 1 atom stereocenters. The lowest BCUT2D eigenvalue weighted by Crippen LogP contribution is -2.58. The van der Waals surface area contributed by atoms with Crippen molar-refractivity contribution in [1.29, 1.82) is 5.26 Å². The molecule has 0 fully saturated rings. The fourth-order valence-corrected chi connectivity index (χ4v) is 7.04. The Balaban J connectivity index is 2.06. The molecule has 0 aliphatic heterocycles. The van der Waals surface area contributed by atoms with Gasteiger partial charge in [0.1, 0.15) is 5.54 Å². The van der Waals surface area contributed by atoms with Gasteiger partial charge in [-0.15, -0.1) is 0 Å². The van der Waals surface area contributed by atoms with Crippen molar-refractivity contribution in [2.45, 2.75) is 35.4 Å². The van der Waals surface area contributed by atoms with E-state index in [2.05, 4.69) is 10.0 Å². The van der Waals surface area contributed by atoms with E-state index < -0.39 is 60.1 Å². The zero-order valence-corrected chi connectivity index (χ0v) is 24.2. The number of carbonyl (C=O) groups is 1. The average molecular weight is 691 g/mol. The number of rotatable bonds is 8. The highest BCUT2D eigenvalue weighted by Gasteiger charge is 2.43. The lowest BCUT2D eigenvalue weighted by molar-refractivity contribution is -0.137. The fraction of sp³-hybridized carbons (Fsp3) is 0.200. The van der Waals surface area contributed by atoms with Gasteiger partial charge in [0.15, 0.2) is 9.84 Å². The summed E-state index contributed by atoms with van der Waals surface area (Å²) in [5.41, 5.74) is -4.06. The number of carbonyl (C=O) groups excluding carboxylic acids is 1. The summed E-state index contributed by atoms with van der Waals surface area (Å²) in [6.07, 6.45) is -4.92. The number of aryl methyl sites for hydroxylation is 1. The molecular formula is C25H21F3IN3O5S2. The summed E-state index contributed by atoms with van der Waals surface area (Å²) in [6.45, 7) is 2.74. The first-order valence-corrected chi connectivity index (χ1v) is 15.2. The maximum Gasteiger partial charge on any atom is 0.417 e. The Hall–Kier alpha value is -3.00. The SMILES string of the molecule is Cc1ccc(S(=O)(=O)N[C@](C)(CS(=O)(=O)c2ccc(I)cc2)C(=O)Nc2ccc(C#N)c(C(F)(F)F)c2)cc1. The van der Waals surface area contributed by atoms with Crippen LogP contribution in [0.25, 0.3) is 0 Å². The van der Waals surface area contributed by atoms with E-state index >= 15 is 0 Å². The Morgan fingerprint density at radius 1 is 0.949 bits per heavy atom. The molecule has 14 heteroatoms. The van der Waals surface area contributed by atoms with Crippen LogP contribution in [0, 0.1) is 21.8 Å². The number of nitrogens with zero attached hydrogens (tertiary/aromatic N) is 1. The molecule has 39 heavy (non-hydrogen) atoms. The third-order valence-corrected chi connectivity index (χ3v) is 9.83. The van der Waals surface area contributed by atoms with E-state index in [-0.39, 0.29) is 9.79 Å². The van der Waals surface area contributed by atoms with Crippen molar-refractivity contribution < 1.29 is 34.8 Å². The van der Waals surface area contributed by atoms with Gasteiger partial charge in [-0.05, 0) is 91.0 Å². The van der Waals surface area contributed by atoms with Crippen molar-refractivity contribution in [3.8, 4) is 6.07 Å². The van der Waals surface area contributed by atoms with Gasteiger partial charge in [0.2, 0.25) is 15.9 Å². The number of sulfonamides is 1. The number of benzene rings is 3. The van der Waals surface area contributed by atoms with E-state index in [4.69, 9.17) is 5.26 Å². The molecule has 0 aliphatic carbocycles. The molecule has 3 rings (SSSR count). The second-order valence-corrected chi connectivity index (χ2v) is 13.7. The molecule has 0 saturated carbocycles. The summed E-state index contributed by atoms with van der Waals surface area (Å²) in [5.74, 6) is -2.29. The van der Waals surface area contributed by atoms with Gasteiger partial charge >= 0.3 is 6.18 Å². The highest BCUT2D eigenvalue weighted by molar-refractivity contribution is 14.1. The Bertz CT molecular complexity index is 1570. The van der Waals surface area contributed by atoms with E-state index in [0.717, 1.165) is 28.2 Å². The number of amides is 1. The largest absolute Gasteiger partial charge is 0.417 e. The Kier molecular flexibility index (Phi) is 8.80. The van der Waals surface area contributed by atoms with Crippen LogP contribution >= 0.6 is 22.6 Å². The van der Waals surface area contributed by atoms with E-state index in [1.165, 1.54) is 54.6 Å². The van der Waals surface area contributed by atoms with Crippen molar-refractivity contribution in [3.63, 3.8) is 0 Å². The summed E-state index contributed by atoms with van der Waals surface area (Å²) in [5, 5.41) is 11.2. The molecule has 8 nitrogen and oxygen atoms in total. The zero-order valence-electron chi connectivity index (χ0n) is 20.4. The molecule has 3 aromatic rings. The number of hydrogen-bond acceptors (Lipinski definition) is 6. The minimum atomic E-state index is -4.92. The second kappa shape index (κ2) is 11.2. The van der Waals surface area contributed by atoms with Gasteiger partial charge in [-0.25, -0.2) is 16.8 Å². The smallest absolute Gasteiger partial charge is 0.324 e. The van der Waals surface area contributed by atoms with E-state index in [1.54, 1.807) is 6.92 Å². The van der Waals surface area contributed by atoms with Crippen LogP contribution in [-0.4, -0.2) is 34.0 Å². The molecule has 0 unspecified atom stereocenters. The minimum absolute atomic E-state index is 0.186. The molecule has 0 aliphatic rings. The first-order valence-electron chi connectivity index (χ1n) is 11.0. The Labute approximate surface area is 237 Å². The van der Waals surface area contributed by atoms with Crippen molar-refractivity contribution >= 4 is 54.0 Å². The molecule has 206 valence electrons. The number of sulfone groups is 1. The van der Waals surface area contributed by atoms with Crippen LogP contribution in [0.3, 0.4) is 0 Å². The molecule has 2 N–H and O–H groups in total. The maximum absolute atomic E-state index is 13.4. The van der Waals surface area contributed by atoms with E-state index in [1.807, 2.05) is 22.6 Å². The number of hydrogen-bond donors (Lipinski definition) is 2. The summed E-state index contributed by atoms with van der Waals surface area (Å²) in [7, 11) is -8.76. The maximum atomic E-state index is 13.4. The molecule has 0 saturated heterocycles. The monoisotopic (exact) mass is 691 g/mol. The minimum Gasteiger partial charge on any atom is -0.324 e. The van der Waals surface area contributed by atoms with Crippen molar-refractivity contribution in [2.24, 2.45) is 0 Å². The number of nitrogens with one attached hydrogen (secondary N) is 2. The molecular weight excluding hydrogens is 670 g/mol. The van der Waals surface area contributed by atoms with Crippen LogP contribution in [0.2, 0.25) is 0 Å². The molecule has 0 heterocycles. The van der Waals surface area contributed by atoms with Crippen LogP contribution in [0.4, 0.5) is 18.9 Å². The van der Waals surface area contributed by atoms with Gasteiger partial charge in [-0.2, -0.15) is 23.2 Å². The summed E-state index contributed by atoms with van der Waals surface area (Å²) in [6, 6.07) is 14.9. The molecule has 0 bridgehead atoms. The van der Waals surface area contributed by atoms with E-state index in [9.17, 15) is 34.8 Å². The summed E-state index contributed by atoms with van der Waals surface area (Å²) in [4.78, 5) is 13.0. The van der Waals surface area contributed by atoms with Crippen LogP contribution in [0.15, 0.2) is 76.5 Å². The van der Waals surface area contributed by atoms with Crippen LogP contribution < -0.4 is 10.0 Å². The molecule has 0 spiro atoms. The highest BCUT2D eigenvalue weighted by Crippen LogP contribution is 2.34. The Morgan fingerprint density at radius 3 is 2.05 bits per heavy atom. The highest BCUT2D eigenvalue weighted by atomic mass is 127. The number of anilines is 1. The first-order chi connectivity index (χ1) is 18.0. The molecule has 0 radical (unpaired) electrons. The van der Waals surface area contributed by atoms with Gasteiger partial charge < -0.3 is 5.32 Å². The third kappa shape index (κ3) is 7.35. The fourth-order valence-electron chi connectivity index (χ4n) is 3.54. The average Bonchev–Trinajstić information content (AvgIpc) is 2.83. The number of halogens is 4. The van der Waals surface area contributed by atoms with Gasteiger partial charge in [-0.1, -0.05) is 17.7 Å². The predicted octanol–water partition coefficient (Wildman–Crippen LogP) is 4.64. The number of alkyl halides is 3. The second-order valence-electron chi connectivity index (χ2n) is 8.79. The summed E-state index contributed by atoms with van der Waals surface area (Å²) < 4.78 is 96.0. The van der Waals surface area contributed by atoms with Gasteiger partial charge in [0.05, 0.1) is 32.7 Å². The van der Waals surface area contributed by atoms with Gasteiger partial charge in [0, 0.05) is 9.26 Å². The molecule has 0 aromatic heterocycles. The number of nitriles is 1. The lowest BCUT2D eigenvalue weighted by atomic mass is 10.0. The quantitative estimate of drug-likeness (QED) is 0.331. The van der Waals surface area contributed by atoms with Crippen LogP contribution in [0.5, 0.6) is 0 Å². The third-order valence-electron chi connectivity index (χ3n) is 5.55.